The molecule has 0 heterocycles. The number of amides is 1. The van der Waals surface area contributed by atoms with Gasteiger partial charge in [-0.05, 0) is 42.8 Å². The summed E-state index contributed by atoms with van der Waals surface area (Å²) in [4.78, 5) is 12.1. The van der Waals surface area contributed by atoms with Gasteiger partial charge in [0.15, 0.2) is 0 Å². The number of nitrogens with one attached hydrogen (secondary N) is 1. The standard InChI is InChI=1S/C14H13BrN2O2/c1-8-11(16)3-2-4-12(8)17-14(19)10-6-5-9(15)7-13(10)18/h2-7,18H,16H2,1H3,(H,17,19). The predicted molar refractivity (Wildman–Crippen MR) is 79.4 cm³/mol. The van der Waals surface area contributed by atoms with E-state index >= 15 is 0 Å². The van der Waals surface area contributed by atoms with E-state index in [-0.39, 0.29) is 17.2 Å². The summed E-state index contributed by atoms with van der Waals surface area (Å²) in [6, 6.07) is 10.0. The number of aromatic hydroxyl groups is 1. The summed E-state index contributed by atoms with van der Waals surface area (Å²) in [6.45, 7) is 1.83. The summed E-state index contributed by atoms with van der Waals surface area (Å²) >= 11 is 3.23. The molecule has 0 atom stereocenters. The van der Waals surface area contributed by atoms with Gasteiger partial charge in [0.25, 0.3) is 5.91 Å². The number of carbonyl (C=O) groups excluding carboxylic acids is 1. The number of benzene rings is 2. The Morgan fingerprint density at radius 3 is 2.74 bits per heavy atom. The van der Waals surface area contributed by atoms with Gasteiger partial charge in [0.1, 0.15) is 5.75 Å². The molecule has 0 aliphatic carbocycles. The second-order valence-electron chi connectivity index (χ2n) is 4.14. The van der Waals surface area contributed by atoms with E-state index < -0.39 is 0 Å². The Balaban J connectivity index is 2.28. The van der Waals surface area contributed by atoms with Gasteiger partial charge in [-0.2, -0.15) is 0 Å². The fraction of sp³-hybridized carbons (Fsp3) is 0.0714. The molecule has 0 aliphatic rings. The number of nitrogens with two attached hydrogens (primary N) is 1. The Labute approximate surface area is 119 Å². The van der Waals surface area contributed by atoms with Crippen LogP contribution >= 0.6 is 15.9 Å². The molecule has 5 heteroatoms. The first-order chi connectivity index (χ1) is 8.99. The van der Waals surface area contributed by atoms with Crippen molar-refractivity contribution in [1.82, 2.24) is 0 Å². The van der Waals surface area contributed by atoms with E-state index in [1.807, 2.05) is 6.92 Å². The lowest BCUT2D eigenvalue weighted by Crippen LogP contribution is -2.13. The molecule has 2 aromatic rings. The fourth-order valence-electron chi connectivity index (χ4n) is 1.68. The molecule has 0 saturated carbocycles. The van der Waals surface area contributed by atoms with Gasteiger partial charge in [-0.3, -0.25) is 4.79 Å². The molecule has 0 radical (unpaired) electrons. The maximum absolute atomic E-state index is 12.1. The van der Waals surface area contributed by atoms with Crippen molar-refractivity contribution in [3.63, 3.8) is 0 Å². The van der Waals surface area contributed by atoms with Crippen molar-refractivity contribution in [2.45, 2.75) is 6.92 Å². The first-order valence-corrected chi connectivity index (χ1v) is 6.43. The summed E-state index contributed by atoms with van der Waals surface area (Å²) in [6.07, 6.45) is 0. The van der Waals surface area contributed by atoms with Gasteiger partial charge in [-0.1, -0.05) is 22.0 Å². The SMILES string of the molecule is Cc1c(N)cccc1NC(=O)c1ccc(Br)cc1O. The topological polar surface area (TPSA) is 75.3 Å². The van der Waals surface area contributed by atoms with Crippen LogP contribution in [-0.2, 0) is 0 Å². The smallest absolute Gasteiger partial charge is 0.259 e. The van der Waals surface area contributed by atoms with Crippen LogP contribution in [0.1, 0.15) is 15.9 Å². The molecule has 0 aromatic heterocycles. The minimum atomic E-state index is -0.376. The van der Waals surface area contributed by atoms with Gasteiger partial charge in [0.2, 0.25) is 0 Å². The molecular formula is C14H13BrN2O2. The van der Waals surface area contributed by atoms with Crippen LogP contribution in [0.15, 0.2) is 40.9 Å². The first kappa shape index (κ1) is 13.4. The monoisotopic (exact) mass is 320 g/mol. The van der Waals surface area contributed by atoms with Crippen LogP contribution in [0.5, 0.6) is 5.75 Å². The largest absolute Gasteiger partial charge is 0.507 e. The second-order valence-corrected chi connectivity index (χ2v) is 5.05. The molecule has 2 rings (SSSR count). The molecule has 0 spiro atoms. The molecule has 2 aromatic carbocycles. The van der Waals surface area contributed by atoms with E-state index in [2.05, 4.69) is 21.2 Å². The van der Waals surface area contributed by atoms with Gasteiger partial charge in [0, 0.05) is 15.8 Å². The van der Waals surface area contributed by atoms with Crippen LogP contribution < -0.4 is 11.1 Å². The van der Waals surface area contributed by atoms with Gasteiger partial charge in [-0.25, -0.2) is 0 Å². The summed E-state index contributed by atoms with van der Waals surface area (Å²) in [5.41, 5.74) is 8.03. The zero-order valence-corrected chi connectivity index (χ0v) is 11.9. The number of anilines is 2. The molecule has 0 saturated heterocycles. The van der Waals surface area contributed by atoms with Crippen molar-refractivity contribution in [2.24, 2.45) is 0 Å². The highest BCUT2D eigenvalue weighted by Crippen LogP contribution is 2.25. The maximum atomic E-state index is 12.1. The van der Waals surface area contributed by atoms with Crippen LogP contribution in [0.3, 0.4) is 0 Å². The normalized spacial score (nSPS) is 10.2. The number of halogens is 1. The predicted octanol–water partition coefficient (Wildman–Crippen LogP) is 3.30. The lowest BCUT2D eigenvalue weighted by atomic mass is 10.1. The molecule has 1 amide bonds. The number of rotatable bonds is 2. The van der Waals surface area contributed by atoms with Gasteiger partial charge in [0.05, 0.1) is 5.56 Å². The van der Waals surface area contributed by atoms with Crippen LogP contribution in [-0.4, -0.2) is 11.0 Å². The minimum Gasteiger partial charge on any atom is -0.507 e. The fourth-order valence-corrected chi connectivity index (χ4v) is 2.02. The van der Waals surface area contributed by atoms with Crippen LogP contribution in [0.4, 0.5) is 11.4 Å². The number of nitrogen functional groups attached to an aromatic ring is 1. The molecule has 98 valence electrons. The van der Waals surface area contributed by atoms with Crippen molar-refractivity contribution in [1.29, 1.82) is 0 Å². The third kappa shape index (κ3) is 2.88. The van der Waals surface area contributed by atoms with Crippen molar-refractivity contribution < 1.29 is 9.90 Å². The van der Waals surface area contributed by atoms with Crippen LogP contribution in [0, 0.1) is 6.92 Å². The summed E-state index contributed by atoms with van der Waals surface area (Å²) in [5, 5.41) is 12.5. The van der Waals surface area contributed by atoms with E-state index in [9.17, 15) is 9.90 Å². The Bertz CT molecular complexity index is 641. The molecule has 0 bridgehead atoms. The third-order valence-corrected chi connectivity index (χ3v) is 3.32. The number of carbonyl (C=O) groups is 1. The lowest BCUT2D eigenvalue weighted by Gasteiger charge is -2.11. The van der Waals surface area contributed by atoms with Gasteiger partial charge < -0.3 is 16.2 Å². The highest BCUT2D eigenvalue weighted by atomic mass is 79.9. The van der Waals surface area contributed by atoms with E-state index in [0.29, 0.717) is 15.8 Å². The zero-order valence-electron chi connectivity index (χ0n) is 10.3. The van der Waals surface area contributed by atoms with E-state index in [4.69, 9.17) is 5.73 Å². The third-order valence-electron chi connectivity index (χ3n) is 2.83. The number of hydrogen-bond acceptors (Lipinski definition) is 3. The molecule has 4 N–H and O–H groups in total. The van der Waals surface area contributed by atoms with E-state index in [1.165, 1.54) is 6.07 Å². The quantitative estimate of drug-likeness (QED) is 0.743. The molecule has 19 heavy (non-hydrogen) atoms. The summed E-state index contributed by atoms with van der Waals surface area (Å²) < 4.78 is 0.710. The van der Waals surface area contributed by atoms with Crippen molar-refractivity contribution in [2.75, 3.05) is 11.1 Å². The number of phenolic OH excluding ortho intramolecular Hbond substituents is 1. The number of hydrogen-bond donors (Lipinski definition) is 3. The first-order valence-electron chi connectivity index (χ1n) is 5.64. The van der Waals surface area contributed by atoms with E-state index in [1.54, 1.807) is 30.3 Å². The Hall–Kier alpha value is -2.01. The highest BCUT2D eigenvalue weighted by Gasteiger charge is 2.13. The van der Waals surface area contributed by atoms with Crippen molar-refractivity contribution in [3.05, 3.63) is 52.0 Å². The molecule has 0 aliphatic heterocycles. The molecule has 4 nitrogen and oxygen atoms in total. The second kappa shape index (κ2) is 5.32. The van der Waals surface area contributed by atoms with Crippen molar-refractivity contribution >= 4 is 33.2 Å². The molecular weight excluding hydrogens is 308 g/mol. The van der Waals surface area contributed by atoms with E-state index in [0.717, 1.165) is 5.56 Å². The van der Waals surface area contributed by atoms with Crippen molar-refractivity contribution in [3.8, 4) is 5.75 Å². The zero-order chi connectivity index (χ0) is 14.0. The lowest BCUT2D eigenvalue weighted by molar-refractivity contribution is 0.102. The van der Waals surface area contributed by atoms with Gasteiger partial charge in [-0.15, -0.1) is 0 Å². The molecule has 0 fully saturated rings. The van der Waals surface area contributed by atoms with Gasteiger partial charge >= 0.3 is 0 Å². The Morgan fingerprint density at radius 1 is 1.32 bits per heavy atom. The van der Waals surface area contributed by atoms with Crippen LogP contribution in [0.2, 0.25) is 0 Å². The average Bonchev–Trinajstić information content (AvgIpc) is 2.34. The molecule has 0 unspecified atom stereocenters. The van der Waals surface area contributed by atoms with Crippen LogP contribution in [0.25, 0.3) is 0 Å². The Kier molecular flexibility index (Phi) is 3.76. The number of phenols is 1. The minimum absolute atomic E-state index is 0.0755. The summed E-state index contributed by atoms with van der Waals surface area (Å²) in [5.74, 6) is -0.452. The summed E-state index contributed by atoms with van der Waals surface area (Å²) in [7, 11) is 0. The Morgan fingerprint density at radius 2 is 2.05 bits per heavy atom. The maximum Gasteiger partial charge on any atom is 0.259 e. The highest BCUT2D eigenvalue weighted by molar-refractivity contribution is 9.10. The average molecular weight is 321 g/mol.